The summed E-state index contributed by atoms with van der Waals surface area (Å²) in [6.45, 7) is 5.31. The highest BCUT2D eigenvalue weighted by Gasteiger charge is 2.57. The van der Waals surface area contributed by atoms with E-state index in [0.29, 0.717) is 44.6 Å². The Morgan fingerprint density at radius 3 is 2.43 bits per heavy atom. The van der Waals surface area contributed by atoms with E-state index in [1.807, 2.05) is 50.2 Å². The first-order valence-electron chi connectivity index (χ1n) is 10.3. The van der Waals surface area contributed by atoms with E-state index in [9.17, 15) is 14.4 Å². The van der Waals surface area contributed by atoms with E-state index in [1.54, 1.807) is 22.2 Å². The molecule has 0 unspecified atom stereocenters. The lowest BCUT2D eigenvalue weighted by molar-refractivity contribution is -0.135. The average molecular weight is 406 g/mol. The van der Waals surface area contributed by atoms with Gasteiger partial charge in [-0.1, -0.05) is 30.3 Å². The number of benzene rings is 1. The first kappa shape index (κ1) is 20.1. The molecule has 1 aromatic carbocycles. The van der Waals surface area contributed by atoms with Gasteiger partial charge in [0.1, 0.15) is 5.54 Å². The maximum Gasteiger partial charge on any atom is 0.327 e. The van der Waals surface area contributed by atoms with Gasteiger partial charge in [0, 0.05) is 38.6 Å². The van der Waals surface area contributed by atoms with E-state index in [0.717, 1.165) is 11.1 Å². The summed E-state index contributed by atoms with van der Waals surface area (Å²) >= 11 is 0. The number of likely N-dealkylation sites (N-methyl/N-ethyl adjacent to an activating group) is 1. The van der Waals surface area contributed by atoms with Crippen LogP contribution in [0.2, 0.25) is 0 Å². The second kappa shape index (κ2) is 7.89. The van der Waals surface area contributed by atoms with Crippen LogP contribution in [0.15, 0.2) is 48.8 Å². The standard InChI is InChI=1S/C23H26N4O3/c1-3-26-21(29)23(27(22(26)30)16-18-7-5-4-6-8-18)9-11-25(12-10-23)20(28)19-13-17(2)14-24-15-19/h4-8,13-15H,3,9-12,16H2,1-2H3. The summed E-state index contributed by atoms with van der Waals surface area (Å²) in [5.74, 6) is -0.227. The second-order valence-corrected chi connectivity index (χ2v) is 7.98. The summed E-state index contributed by atoms with van der Waals surface area (Å²) in [7, 11) is 0. The van der Waals surface area contributed by atoms with E-state index < -0.39 is 5.54 Å². The van der Waals surface area contributed by atoms with Gasteiger partial charge in [-0.05, 0) is 43.9 Å². The fourth-order valence-corrected chi connectivity index (χ4v) is 4.46. The molecule has 4 rings (SSSR count). The number of hydrogen-bond acceptors (Lipinski definition) is 4. The van der Waals surface area contributed by atoms with Gasteiger partial charge in [-0.2, -0.15) is 0 Å². The van der Waals surface area contributed by atoms with Crippen molar-refractivity contribution in [2.24, 2.45) is 0 Å². The topological polar surface area (TPSA) is 73.8 Å². The molecule has 1 spiro atoms. The molecule has 7 heteroatoms. The van der Waals surface area contributed by atoms with Crippen molar-refractivity contribution >= 4 is 17.8 Å². The van der Waals surface area contributed by atoms with Crippen molar-refractivity contribution in [3.8, 4) is 0 Å². The zero-order valence-electron chi connectivity index (χ0n) is 17.4. The maximum absolute atomic E-state index is 13.3. The summed E-state index contributed by atoms with van der Waals surface area (Å²) in [4.78, 5) is 48.1. The van der Waals surface area contributed by atoms with Crippen LogP contribution in [0, 0.1) is 6.92 Å². The SMILES string of the molecule is CCN1C(=O)N(Cc2ccccc2)C2(CCN(C(=O)c3cncc(C)c3)CC2)C1=O. The van der Waals surface area contributed by atoms with Gasteiger partial charge in [0.05, 0.1) is 5.56 Å². The van der Waals surface area contributed by atoms with Crippen molar-refractivity contribution in [2.45, 2.75) is 38.8 Å². The number of aromatic nitrogens is 1. The van der Waals surface area contributed by atoms with Crippen LogP contribution in [0.3, 0.4) is 0 Å². The summed E-state index contributed by atoms with van der Waals surface area (Å²) < 4.78 is 0. The number of nitrogens with zero attached hydrogens (tertiary/aromatic N) is 4. The lowest BCUT2D eigenvalue weighted by Gasteiger charge is -2.42. The van der Waals surface area contributed by atoms with Crippen molar-refractivity contribution in [3.63, 3.8) is 0 Å². The number of amides is 4. The summed E-state index contributed by atoms with van der Waals surface area (Å²) in [5, 5.41) is 0. The molecule has 7 nitrogen and oxygen atoms in total. The third-order valence-electron chi connectivity index (χ3n) is 6.12. The fourth-order valence-electron chi connectivity index (χ4n) is 4.46. The van der Waals surface area contributed by atoms with Crippen molar-refractivity contribution in [1.29, 1.82) is 0 Å². The first-order valence-corrected chi connectivity index (χ1v) is 10.3. The molecule has 30 heavy (non-hydrogen) atoms. The van der Waals surface area contributed by atoms with Gasteiger partial charge in [0.2, 0.25) is 0 Å². The van der Waals surface area contributed by atoms with E-state index >= 15 is 0 Å². The Hall–Kier alpha value is -3.22. The highest BCUT2D eigenvalue weighted by molar-refractivity contribution is 6.07. The molecular formula is C23H26N4O3. The smallest absolute Gasteiger partial charge is 0.327 e. The minimum absolute atomic E-state index is 0.0835. The quantitative estimate of drug-likeness (QED) is 0.732. The minimum Gasteiger partial charge on any atom is -0.338 e. The summed E-state index contributed by atoms with van der Waals surface area (Å²) in [6, 6.07) is 11.3. The maximum atomic E-state index is 13.3. The van der Waals surface area contributed by atoms with Crippen LogP contribution in [-0.2, 0) is 11.3 Å². The third kappa shape index (κ3) is 3.34. The molecule has 2 saturated heterocycles. The van der Waals surface area contributed by atoms with Gasteiger partial charge < -0.3 is 9.80 Å². The van der Waals surface area contributed by atoms with Crippen LogP contribution in [0.1, 0.15) is 41.3 Å². The Kier molecular flexibility index (Phi) is 5.28. The number of pyridine rings is 1. The lowest BCUT2D eigenvalue weighted by atomic mass is 9.85. The van der Waals surface area contributed by atoms with Crippen molar-refractivity contribution < 1.29 is 14.4 Å². The highest BCUT2D eigenvalue weighted by atomic mass is 16.2. The van der Waals surface area contributed by atoms with E-state index in [4.69, 9.17) is 0 Å². The van der Waals surface area contributed by atoms with Crippen molar-refractivity contribution in [2.75, 3.05) is 19.6 Å². The molecule has 1 aromatic heterocycles. The molecule has 3 heterocycles. The molecule has 0 radical (unpaired) electrons. The normalized spacial score (nSPS) is 18.4. The monoisotopic (exact) mass is 406 g/mol. The van der Waals surface area contributed by atoms with Gasteiger partial charge in [0.15, 0.2) is 0 Å². The van der Waals surface area contributed by atoms with Crippen LogP contribution in [-0.4, -0.2) is 62.7 Å². The molecule has 2 aromatic rings. The van der Waals surface area contributed by atoms with Crippen molar-refractivity contribution in [3.05, 3.63) is 65.5 Å². The lowest BCUT2D eigenvalue weighted by Crippen LogP contribution is -2.57. The second-order valence-electron chi connectivity index (χ2n) is 7.98. The Morgan fingerprint density at radius 2 is 1.80 bits per heavy atom. The molecule has 2 fully saturated rings. The fraction of sp³-hybridized carbons (Fsp3) is 0.391. The highest BCUT2D eigenvalue weighted by Crippen LogP contribution is 2.38. The van der Waals surface area contributed by atoms with E-state index in [1.165, 1.54) is 4.90 Å². The predicted molar refractivity (Wildman–Crippen MR) is 112 cm³/mol. The van der Waals surface area contributed by atoms with Crippen LogP contribution in [0.5, 0.6) is 0 Å². The van der Waals surface area contributed by atoms with E-state index in [-0.39, 0.29) is 17.8 Å². The molecule has 2 aliphatic rings. The number of hydrogen-bond donors (Lipinski definition) is 0. The number of carbonyl (C=O) groups excluding carboxylic acids is 3. The Balaban J connectivity index is 1.56. The Labute approximate surface area is 176 Å². The Bertz CT molecular complexity index is 967. The van der Waals surface area contributed by atoms with E-state index in [2.05, 4.69) is 4.98 Å². The largest absolute Gasteiger partial charge is 0.338 e. The number of urea groups is 1. The number of rotatable bonds is 4. The summed E-state index contributed by atoms with van der Waals surface area (Å²) in [5.41, 5.74) is 1.58. The molecule has 4 amide bonds. The van der Waals surface area contributed by atoms with Gasteiger partial charge >= 0.3 is 6.03 Å². The molecule has 0 aliphatic carbocycles. The summed E-state index contributed by atoms with van der Waals surface area (Å²) in [6.07, 6.45) is 4.16. The molecule has 2 aliphatic heterocycles. The number of piperidine rings is 1. The number of carbonyl (C=O) groups is 3. The molecule has 0 saturated carbocycles. The van der Waals surface area contributed by atoms with Gasteiger partial charge in [-0.3, -0.25) is 19.5 Å². The number of imide groups is 1. The predicted octanol–water partition coefficient (Wildman–Crippen LogP) is 2.85. The molecule has 0 bridgehead atoms. The van der Waals surface area contributed by atoms with Gasteiger partial charge in [-0.15, -0.1) is 0 Å². The van der Waals surface area contributed by atoms with Crippen LogP contribution >= 0.6 is 0 Å². The molecule has 0 N–H and O–H groups in total. The minimum atomic E-state index is -0.884. The van der Waals surface area contributed by atoms with Crippen LogP contribution < -0.4 is 0 Å². The van der Waals surface area contributed by atoms with Crippen molar-refractivity contribution in [1.82, 2.24) is 19.7 Å². The van der Waals surface area contributed by atoms with Crippen LogP contribution in [0.25, 0.3) is 0 Å². The molecule has 156 valence electrons. The van der Waals surface area contributed by atoms with Gasteiger partial charge in [0.25, 0.3) is 11.8 Å². The third-order valence-corrected chi connectivity index (χ3v) is 6.12. The first-order chi connectivity index (χ1) is 14.5. The zero-order chi connectivity index (χ0) is 21.3. The van der Waals surface area contributed by atoms with Crippen LogP contribution in [0.4, 0.5) is 4.79 Å². The zero-order valence-corrected chi connectivity index (χ0v) is 17.4. The molecule has 0 atom stereocenters. The number of aryl methyl sites for hydroxylation is 1. The average Bonchev–Trinajstić information content (AvgIpc) is 2.95. The Morgan fingerprint density at radius 1 is 1.10 bits per heavy atom. The molecular weight excluding hydrogens is 380 g/mol. The van der Waals surface area contributed by atoms with Gasteiger partial charge in [-0.25, -0.2) is 4.79 Å². The number of likely N-dealkylation sites (tertiary alicyclic amines) is 1.